The van der Waals surface area contributed by atoms with E-state index in [9.17, 15) is 13.7 Å². The molecule has 1 heterocycles. The first-order valence-corrected chi connectivity index (χ1v) is 7.80. The van der Waals surface area contributed by atoms with E-state index in [4.69, 9.17) is 5.11 Å². The van der Waals surface area contributed by atoms with Crippen molar-refractivity contribution in [2.24, 2.45) is 0 Å². The molecule has 0 saturated carbocycles. The fourth-order valence-electron chi connectivity index (χ4n) is 2.34. The Balaban J connectivity index is 2.45. The van der Waals surface area contributed by atoms with Gasteiger partial charge in [0.25, 0.3) is 0 Å². The van der Waals surface area contributed by atoms with Crippen LogP contribution in [0.5, 0.6) is 0 Å². The van der Waals surface area contributed by atoms with E-state index in [-0.39, 0.29) is 23.7 Å². The van der Waals surface area contributed by atoms with Gasteiger partial charge in [-0.3, -0.25) is 5.32 Å². The topological polar surface area (TPSA) is 90.2 Å². The second-order valence-electron chi connectivity index (χ2n) is 4.59. The second kappa shape index (κ2) is 5.29. The highest BCUT2D eigenvalue weighted by Crippen LogP contribution is 2.36. The minimum atomic E-state index is -3.29. The van der Waals surface area contributed by atoms with Gasteiger partial charge in [-0.05, 0) is 25.5 Å². The molecule has 0 saturated heterocycles. The van der Waals surface area contributed by atoms with Gasteiger partial charge in [0.2, 0.25) is 0 Å². The molecule has 2 N–H and O–H groups in total. The molecule has 19 heavy (non-hydrogen) atoms. The molecule has 1 aliphatic rings. The molecule has 5 nitrogen and oxygen atoms in total. The molecular weight excluding hydrogens is 264 g/mol. The van der Waals surface area contributed by atoms with Crippen molar-refractivity contribution >= 4 is 9.84 Å². The number of hydrogen-bond donors (Lipinski definition) is 2. The van der Waals surface area contributed by atoms with Crippen molar-refractivity contribution in [2.45, 2.75) is 23.3 Å². The lowest BCUT2D eigenvalue weighted by Crippen LogP contribution is -2.46. The first-order valence-electron chi connectivity index (χ1n) is 6.15. The molecule has 0 aliphatic carbocycles. The van der Waals surface area contributed by atoms with Gasteiger partial charge in [-0.15, -0.1) is 0 Å². The monoisotopic (exact) mass is 280 g/mol. The maximum atomic E-state index is 12.0. The quantitative estimate of drug-likeness (QED) is 0.786. The van der Waals surface area contributed by atoms with Crippen LogP contribution in [0.2, 0.25) is 0 Å². The Morgan fingerprint density at radius 1 is 1.42 bits per heavy atom. The van der Waals surface area contributed by atoms with Crippen LogP contribution in [0.25, 0.3) is 0 Å². The summed E-state index contributed by atoms with van der Waals surface area (Å²) in [5, 5.41) is 21.4. The van der Waals surface area contributed by atoms with Crippen molar-refractivity contribution in [3.63, 3.8) is 0 Å². The highest BCUT2D eigenvalue weighted by molar-refractivity contribution is 7.91. The third-order valence-corrected chi connectivity index (χ3v) is 5.15. The zero-order valence-electron chi connectivity index (χ0n) is 10.5. The minimum Gasteiger partial charge on any atom is -0.396 e. The highest BCUT2D eigenvalue weighted by Gasteiger charge is 2.41. The second-order valence-corrected chi connectivity index (χ2v) is 6.66. The van der Waals surface area contributed by atoms with Gasteiger partial charge in [0.15, 0.2) is 9.84 Å². The Kier molecular flexibility index (Phi) is 3.90. The maximum Gasteiger partial charge on any atom is 0.178 e. The molecule has 0 radical (unpaired) electrons. The van der Waals surface area contributed by atoms with Gasteiger partial charge in [0.1, 0.15) is 5.54 Å². The van der Waals surface area contributed by atoms with E-state index in [0.29, 0.717) is 18.5 Å². The van der Waals surface area contributed by atoms with E-state index in [0.717, 1.165) is 0 Å². The molecule has 0 fully saturated rings. The smallest absolute Gasteiger partial charge is 0.178 e. The summed E-state index contributed by atoms with van der Waals surface area (Å²) in [6.45, 7) is 0.507. The van der Waals surface area contributed by atoms with Crippen LogP contribution in [-0.4, -0.2) is 32.4 Å². The summed E-state index contributed by atoms with van der Waals surface area (Å²) >= 11 is 0. The van der Waals surface area contributed by atoms with E-state index < -0.39 is 15.4 Å². The molecule has 1 unspecified atom stereocenters. The summed E-state index contributed by atoms with van der Waals surface area (Å²) in [5.74, 6) is -0.0380. The van der Waals surface area contributed by atoms with Crippen LogP contribution in [0.3, 0.4) is 0 Å². The first kappa shape index (κ1) is 14.0. The summed E-state index contributed by atoms with van der Waals surface area (Å²) < 4.78 is 24.1. The molecule has 6 heteroatoms. The SMILES string of the molecule is N#CC1(NCCCO)CCS(=O)(=O)c2ccccc21. The Bertz CT molecular complexity index is 607. The average molecular weight is 280 g/mol. The van der Waals surface area contributed by atoms with Crippen molar-refractivity contribution in [1.82, 2.24) is 5.32 Å². The molecule has 0 aromatic heterocycles. The van der Waals surface area contributed by atoms with Crippen LogP contribution in [0, 0.1) is 11.3 Å². The van der Waals surface area contributed by atoms with Crippen molar-refractivity contribution in [3.8, 4) is 6.07 Å². The highest BCUT2D eigenvalue weighted by atomic mass is 32.2. The van der Waals surface area contributed by atoms with Crippen molar-refractivity contribution < 1.29 is 13.5 Å². The van der Waals surface area contributed by atoms with E-state index in [1.165, 1.54) is 0 Å². The van der Waals surface area contributed by atoms with Crippen molar-refractivity contribution in [1.29, 1.82) is 5.26 Å². The van der Waals surface area contributed by atoms with Crippen molar-refractivity contribution in [2.75, 3.05) is 18.9 Å². The number of aliphatic hydroxyl groups excluding tert-OH is 1. The third kappa shape index (κ3) is 2.50. The molecule has 1 aliphatic heterocycles. The number of rotatable bonds is 4. The summed E-state index contributed by atoms with van der Waals surface area (Å²) in [6.07, 6.45) is 0.757. The lowest BCUT2D eigenvalue weighted by molar-refractivity contribution is 0.276. The number of hydrogen-bond acceptors (Lipinski definition) is 5. The number of nitrogens with one attached hydrogen (secondary N) is 1. The van der Waals surface area contributed by atoms with Gasteiger partial charge in [0.05, 0.1) is 16.7 Å². The van der Waals surface area contributed by atoms with Crippen LogP contribution in [0.4, 0.5) is 0 Å². The maximum absolute atomic E-state index is 12.0. The number of sulfone groups is 1. The summed E-state index contributed by atoms with van der Waals surface area (Å²) in [7, 11) is -3.29. The molecule has 0 amide bonds. The normalized spacial score (nSPS) is 24.4. The van der Waals surface area contributed by atoms with Crippen molar-refractivity contribution in [3.05, 3.63) is 29.8 Å². The number of benzene rings is 1. The lowest BCUT2D eigenvalue weighted by Gasteiger charge is -2.33. The standard InChI is InChI=1S/C13H16N2O3S/c14-10-13(15-7-3-8-16)6-9-19(17,18)12-5-2-1-4-11(12)13/h1-2,4-5,15-16H,3,6-9H2. The van der Waals surface area contributed by atoms with Crippen LogP contribution < -0.4 is 5.32 Å². The van der Waals surface area contributed by atoms with Gasteiger partial charge in [-0.1, -0.05) is 18.2 Å². The zero-order valence-corrected chi connectivity index (χ0v) is 11.3. The van der Waals surface area contributed by atoms with E-state index in [1.807, 2.05) is 0 Å². The average Bonchev–Trinajstić information content (AvgIpc) is 2.42. The van der Waals surface area contributed by atoms with E-state index in [2.05, 4.69) is 11.4 Å². The number of fused-ring (bicyclic) bond motifs is 1. The predicted octanol–water partition coefficient (Wildman–Crippen LogP) is 0.555. The van der Waals surface area contributed by atoms with Gasteiger partial charge in [0, 0.05) is 12.2 Å². The number of aliphatic hydroxyl groups is 1. The summed E-state index contributed by atoms with van der Waals surface area (Å²) in [5.41, 5.74) is -0.460. The molecule has 1 aromatic carbocycles. The third-order valence-electron chi connectivity index (χ3n) is 3.38. The number of nitriles is 1. The molecule has 0 bridgehead atoms. The molecule has 1 aromatic rings. The fourth-order valence-corrected chi connectivity index (χ4v) is 4.00. The predicted molar refractivity (Wildman–Crippen MR) is 70.1 cm³/mol. The van der Waals surface area contributed by atoms with Gasteiger partial charge in [-0.25, -0.2) is 8.42 Å². The van der Waals surface area contributed by atoms with Crippen LogP contribution in [0.15, 0.2) is 29.2 Å². The van der Waals surface area contributed by atoms with Crippen LogP contribution in [0.1, 0.15) is 18.4 Å². The molecule has 1 atom stereocenters. The Hall–Kier alpha value is -1.42. The van der Waals surface area contributed by atoms with Gasteiger partial charge >= 0.3 is 0 Å². The summed E-state index contributed by atoms with van der Waals surface area (Å²) in [4.78, 5) is 0.235. The molecule has 2 rings (SSSR count). The van der Waals surface area contributed by atoms with Gasteiger partial charge in [-0.2, -0.15) is 5.26 Å². The van der Waals surface area contributed by atoms with Crippen LogP contribution >= 0.6 is 0 Å². The molecule has 0 spiro atoms. The Morgan fingerprint density at radius 2 is 2.16 bits per heavy atom. The largest absolute Gasteiger partial charge is 0.396 e. The summed E-state index contributed by atoms with van der Waals surface area (Å²) in [6, 6.07) is 8.84. The fraction of sp³-hybridized carbons (Fsp3) is 0.462. The first-order chi connectivity index (χ1) is 9.06. The Labute approximate surface area is 112 Å². The zero-order chi connectivity index (χ0) is 13.9. The Morgan fingerprint density at radius 3 is 2.84 bits per heavy atom. The van der Waals surface area contributed by atoms with E-state index >= 15 is 0 Å². The number of nitrogens with zero attached hydrogens (tertiary/aromatic N) is 1. The molecular formula is C13H16N2O3S. The van der Waals surface area contributed by atoms with Crippen LogP contribution in [-0.2, 0) is 15.4 Å². The van der Waals surface area contributed by atoms with Gasteiger partial charge < -0.3 is 5.11 Å². The molecule has 102 valence electrons. The minimum absolute atomic E-state index is 0.0362. The van der Waals surface area contributed by atoms with E-state index in [1.54, 1.807) is 24.3 Å². The lowest BCUT2D eigenvalue weighted by atomic mass is 9.88.